The highest BCUT2D eigenvalue weighted by molar-refractivity contribution is 5.89. The molecule has 3 aliphatic rings. The van der Waals surface area contributed by atoms with Crippen LogP contribution in [-0.2, 0) is 16.1 Å². The number of amides is 2. The molecule has 1 aromatic rings. The molecule has 1 N–H and O–H groups in total. The highest BCUT2D eigenvalue weighted by Crippen LogP contribution is 2.49. The minimum Gasteiger partial charge on any atom is -0.395 e. The van der Waals surface area contributed by atoms with Crippen LogP contribution < -0.4 is 0 Å². The number of aliphatic hydroxyl groups excluding tert-OH is 1. The van der Waals surface area contributed by atoms with Crippen LogP contribution in [0, 0.1) is 16.6 Å². The Bertz CT molecular complexity index is 716. The normalized spacial score (nSPS) is 27.2. The topological polar surface area (TPSA) is 60.9 Å². The maximum atomic E-state index is 13.2. The Morgan fingerprint density at radius 3 is 2.50 bits per heavy atom. The fraction of sp³-hybridized carbons (Fsp3) is 0.600. The molecular formula is C20H25FN2O3. The van der Waals surface area contributed by atoms with Gasteiger partial charge >= 0.3 is 0 Å². The van der Waals surface area contributed by atoms with E-state index in [1.807, 2.05) is 4.90 Å². The molecule has 1 unspecified atom stereocenters. The first-order valence-corrected chi connectivity index (χ1v) is 9.42. The van der Waals surface area contributed by atoms with Crippen LogP contribution in [0.3, 0.4) is 0 Å². The molecule has 5 nitrogen and oxygen atoms in total. The average molecular weight is 360 g/mol. The number of benzene rings is 1. The predicted molar refractivity (Wildman–Crippen MR) is 93.4 cm³/mol. The molecule has 26 heavy (non-hydrogen) atoms. The van der Waals surface area contributed by atoms with Crippen LogP contribution in [0.5, 0.6) is 0 Å². The van der Waals surface area contributed by atoms with Crippen LogP contribution in [0.15, 0.2) is 24.3 Å². The lowest BCUT2D eigenvalue weighted by molar-refractivity contribution is -0.147. The van der Waals surface area contributed by atoms with Gasteiger partial charge in [-0.2, -0.15) is 0 Å². The first kappa shape index (κ1) is 17.5. The Balaban J connectivity index is 1.46. The number of aliphatic hydroxyl groups is 1. The lowest BCUT2D eigenvalue weighted by Crippen LogP contribution is -2.50. The van der Waals surface area contributed by atoms with Gasteiger partial charge in [-0.1, -0.05) is 12.1 Å². The van der Waals surface area contributed by atoms with Gasteiger partial charge in [0.15, 0.2) is 0 Å². The summed E-state index contributed by atoms with van der Waals surface area (Å²) in [7, 11) is 0. The highest BCUT2D eigenvalue weighted by atomic mass is 19.1. The van der Waals surface area contributed by atoms with Crippen LogP contribution in [0.4, 0.5) is 4.39 Å². The van der Waals surface area contributed by atoms with Crippen LogP contribution >= 0.6 is 0 Å². The third kappa shape index (κ3) is 2.90. The zero-order valence-electron chi connectivity index (χ0n) is 14.9. The molecule has 140 valence electrons. The number of likely N-dealkylation sites (tertiary alicyclic amines) is 2. The number of hydrogen-bond acceptors (Lipinski definition) is 3. The van der Waals surface area contributed by atoms with Crippen molar-refractivity contribution < 1.29 is 19.1 Å². The highest BCUT2D eigenvalue weighted by Gasteiger charge is 2.56. The molecule has 2 saturated heterocycles. The second-order valence-electron chi connectivity index (χ2n) is 8.15. The number of piperidine rings is 1. The Hall–Kier alpha value is -1.95. The second-order valence-corrected chi connectivity index (χ2v) is 8.15. The van der Waals surface area contributed by atoms with Crippen molar-refractivity contribution in [3.63, 3.8) is 0 Å². The van der Waals surface area contributed by atoms with E-state index in [0.717, 1.165) is 31.2 Å². The van der Waals surface area contributed by atoms with Crippen molar-refractivity contribution in [2.45, 2.75) is 38.6 Å². The molecule has 1 aromatic carbocycles. The molecule has 6 heteroatoms. The van der Waals surface area contributed by atoms with Gasteiger partial charge in [0.05, 0.1) is 17.4 Å². The van der Waals surface area contributed by atoms with E-state index in [9.17, 15) is 19.1 Å². The van der Waals surface area contributed by atoms with Crippen molar-refractivity contribution in [3.8, 4) is 0 Å². The van der Waals surface area contributed by atoms with Gasteiger partial charge in [0.25, 0.3) is 0 Å². The summed E-state index contributed by atoms with van der Waals surface area (Å²) in [6, 6.07) is 6.26. The zero-order chi connectivity index (χ0) is 18.4. The van der Waals surface area contributed by atoms with E-state index in [1.54, 1.807) is 17.0 Å². The lowest BCUT2D eigenvalue weighted by Gasteiger charge is -2.39. The Morgan fingerprint density at radius 2 is 1.85 bits per heavy atom. The van der Waals surface area contributed by atoms with E-state index < -0.39 is 10.8 Å². The van der Waals surface area contributed by atoms with Crippen molar-refractivity contribution in [3.05, 3.63) is 35.6 Å². The quantitative estimate of drug-likeness (QED) is 0.893. The minimum absolute atomic E-state index is 0.0142. The smallest absolute Gasteiger partial charge is 0.231 e. The van der Waals surface area contributed by atoms with Crippen LogP contribution in [0.1, 0.15) is 37.7 Å². The summed E-state index contributed by atoms with van der Waals surface area (Å²) in [6.07, 6.45) is 3.91. The Morgan fingerprint density at radius 1 is 1.12 bits per heavy atom. The van der Waals surface area contributed by atoms with E-state index in [-0.39, 0.29) is 24.2 Å². The average Bonchev–Trinajstić information content (AvgIpc) is 3.34. The monoisotopic (exact) mass is 360 g/mol. The van der Waals surface area contributed by atoms with Gasteiger partial charge in [0.1, 0.15) is 5.82 Å². The molecule has 3 fully saturated rings. The minimum atomic E-state index is -0.572. The van der Waals surface area contributed by atoms with E-state index in [0.29, 0.717) is 32.6 Å². The van der Waals surface area contributed by atoms with Crippen LogP contribution in [-0.4, -0.2) is 53.0 Å². The molecule has 0 radical (unpaired) electrons. The summed E-state index contributed by atoms with van der Waals surface area (Å²) in [5, 5.41) is 9.52. The van der Waals surface area contributed by atoms with E-state index >= 15 is 0 Å². The van der Waals surface area contributed by atoms with E-state index in [1.165, 1.54) is 12.1 Å². The first-order chi connectivity index (χ1) is 12.5. The van der Waals surface area contributed by atoms with Gasteiger partial charge in [-0.25, -0.2) is 4.39 Å². The van der Waals surface area contributed by atoms with Crippen LogP contribution in [0.25, 0.3) is 0 Å². The lowest BCUT2D eigenvalue weighted by atomic mass is 9.78. The van der Waals surface area contributed by atoms with Crippen molar-refractivity contribution in [1.82, 2.24) is 9.80 Å². The summed E-state index contributed by atoms with van der Waals surface area (Å²) in [6.45, 7) is 2.14. The van der Waals surface area contributed by atoms with Crippen molar-refractivity contribution in [1.29, 1.82) is 0 Å². The van der Waals surface area contributed by atoms with Crippen molar-refractivity contribution in [2.24, 2.45) is 10.8 Å². The molecule has 2 amide bonds. The number of rotatable bonds is 4. The van der Waals surface area contributed by atoms with Gasteiger partial charge in [-0.05, 0) is 49.8 Å². The molecule has 1 aliphatic carbocycles. The number of hydrogen-bond donors (Lipinski definition) is 1. The molecular weight excluding hydrogens is 335 g/mol. The maximum absolute atomic E-state index is 13.2. The van der Waals surface area contributed by atoms with Gasteiger partial charge < -0.3 is 14.9 Å². The standard InChI is InChI=1S/C20H25FN2O3/c21-16-4-2-15(3-5-16)12-22-10-1-6-19(17(22)25)9-11-23(13-19)18(26)20(14-24)7-8-20/h2-5,24H,1,6-14H2. The molecule has 0 aromatic heterocycles. The SMILES string of the molecule is O=C(N1CCC2(CCCN(Cc3ccc(F)cc3)C2=O)C1)C1(CO)CC1. The number of halogens is 1. The summed E-state index contributed by atoms with van der Waals surface area (Å²) >= 11 is 0. The maximum Gasteiger partial charge on any atom is 0.231 e. The van der Waals surface area contributed by atoms with Gasteiger partial charge in [0, 0.05) is 26.2 Å². The molecule has 1 spiro atoms. The molecule has 1 saturated carbocycles. The van der Waals surface area contributed by atoms with Crippen LogP contribution in [0.2, 0.25) is 0 Å². The van der Waals surface area contributed by atoms with Gasteiger partial charge in [0.2, 0.25) is 11.8 Å². The van der Waals surface area contributed by atoms with Gasteiger partial charge in [-0.15, -0.1) is 0 Å². The zero-order valence-corrected chi connectivity index (χ0v) is 14.9. The second kappa shape index (κ2) is 6.34. The van der Waals surface area contributed by atoms with Crippen molar-refractivity contribution >= 4 is 11.8 Å². The van der Waals surface area contributed by atoms with E-state index in [4.69, 9.17) is 0 Å². The number of nitrogens with zero attached hydrogens (tertiary/aromatic N) is 2. The molecule has 4 rings (SSSR count). The molecule has 1 atom stereocenters. The summed E-state index contributed by atoms with van der Waals surface area (Å²) in [4.78, 5) is 29.5. The molecule has 0 bridgehead atoms. The number of carbonyl (C=O) groups excluding carboxylic acids is 2. The third-order valence-corrected chi connectivity index (χ3v) is 6.36. The predicted octanol–water partition coefficient (Wildman–Crippen LogP) is 1.94. The summed E-state index contributed by atoms with van der Waals surface area (Å²) in [5.41, 5.74) is -0.142. The third-order valence-electron chi connectivity index (χ3n) is 6.36. The largest absolute Gasteiger partial charge is 0.395 e. The Kier molecular flexibility index (Phi) is 4.26. The Labute approximate surface area is 152 Å². The number of carbonyl (C=O) groups is 2. The first-order valence-electron chi connectivity index (χ1n) is 9.42. The fourth-order valence-corrected chi connectivity index (χ4v) is 4.46. The summed E-state index contributed by atoms with van der Waals surface area (Å²) in [5.74, 6) is -0.157. The fourth-order valence-electron chi connectivity index (χ4n) is 4.46. The van der Waals surface area contributed by atoms with Crippen molar-refractivity contribution in [2.75, 3.05) is 26.2 Å². The summed E-state index contributed by atoms with van der Waals surface area (Å²) < 4.78 is 13.1. The molecule has 2 heterocycles. The van der Waals surface area contributed by atoms with E-state index in [2.05, 4.69) is 0 Å². The molecule has 2 aliphatic heterocycles. The van der Waals surface area contributed by atoms with Gasteiger partial charge in [-0.3, -0.25) is 9.59 Å².